The van der Waals surface area contributed by atoms with Crippen LogP contribution in [0, 0.1) is 0 Å². The van der Waals surface area contributed by atoms with Gasteiger partial charge in [-0.1, -0.05) is 42.5 Å². The molecule has 1 aromatic carbocycles. The van der Waals surface area contributed by atoms with Crippen LogP contribution in [0.1, 0.15) is 18.4 Å². The second-order valence-electron chi connectivity index (χ2n) is 4.37. The van der Waals surface area contributed by atoms with E-state index < -0.39 is 0 Å². The number of benzene rings is 1. The van der Waals surface area contributed by atoms with E-state index in [9.17, 15) is 0 Å². The van der Waals surface area contributed by atoms with E-state index in [1.54, 1.807) is 7.11 Å². The average Bonchev–Trinajstić information content (AvgIpc) is 2.40. The fourth-order valence-electron chi connectivity index (χ4n) is 2.39. The summed E-state index contributed by atoms with van der Waals surface area (Å²) in [5, 5.41) is 0. The van der Waals surface area contributed by atoms with Crippen molar-refractivity contribution in [3.8, 4) is 0 Å². The molecular formula is C15H19NO. The molecule has 1 atom stereocenters. The molecular weight excluding hydrogens is 210 g/mol. The first-order valence-corrected chi connectivity index (χ1v) is 6.00. The highest BCUT2D eigenvalue weighted by molar-refractivity contribution is 5.40. The van der Waals surface area contributed by atoms with Crippen LogP contribution in [0.2, 0.25) is 0 Å². The standard InChI is InChI=1S/C15H19NO/c1-17-14-8-5-9-15(12-14,10-11-16)13-6-3-2-4-7-13/h2-7,9,12H,8,10-11,16H2,1H3. The molecule has 90 valence electrons. The summed E-state index contributed by atoms with van der Waals surface area (Å²) in [4.78, 5) is 0. The highest BCUT2D eigenvalue weighted by Gasteiger charge is 2.28. The quantitative estimate of drug-likeness (QED) is 0.806. The molecule has 0 saturated carbocycles. The van der Waals surface area contributed by atoms with Crippen molar-refractivity contribution < 1.29 is 4.74 Å². The number of hydrogen-bond acceptors (Lipinski definition) is 2. The van der Waals surface area contributed by atoms with E-state index in [0.717, 1.165) is 18.6 Å². The van der Waals surface area contributed by atoms with Crippen molar-refractivity contribution in [1.29, 1.82) is 0 Å². The summed E-state index contributed by atoms with van der Waals surface area (Å²) >= 11 is 0. The minimum Gasteiger partial charge on any atom is -0.501 e. The number of nitrogens with two attached hydrogens (primary N) is 1. The van der Waals surface area contributed by atoms with Crippen LogP contribution in [0.25, 0.3) is 0 Å². The predicted octanol–water partition coefficient (Wildman–Crippen LogP) is 2.76. The van der Waals surface area contributed by atoms with Gasteiger partial charge in [0.2, 0.25) is 0 Å². The monoisotopic (exact) mass is 229 g/mol. The first-order chi connectivity index (χ1) is 8.30. The normalized spacial score (nSPS) is 23.3. The molecule has 1 aliphatic rings. The van der Waals surface area contributed by atoms with Gasteiger partial charge in [-0.3, -0.25) is 0 Å². The Morgan fingerprint density at radius 1 is 1.29 bits per heavy atom. The molecule has 0 aromatic heterocycles. The van der Waals surface area contributed by atoms with Gasteiger partial charge < -0.3 is 10.5 Å². The maximum atomic E-state index is 5.76. The summed E-state index contributed by atoms with van der Waals surface area (Å²) in [6, 6.07) is 10.5. The van der Waals surface area contributed by atoms with Gasteiger partial charge in [0, 0.05) is 11.8 Å². The second kappa shape index (κ2) is 5.19. The van der Waals surface area contributed by atoms with Gasteiger partial charge in [0.1, 0.15) is 0 Å². The van der Waals surface area contributed by atoms with Crippen molar-refractivity contribution in [2.75, 3.05) is 13.7 Å². The van der Waals surface area contributed by atoms with Crippen LogP contribution in [0.3, 0.4) is 0 Å². The molecule has 0 saturated heterocycles. The molecule has 0 amide bonds. The maximum Gasteiger partial charge on any atom is 0.0965 e. The van der Waals surface area contributed by atoms with E-state index in [-0.39, 0.29) is 5.41 Å². The van der Waals surface area contributed by atoms with E-state index >= 15 is 0 Å². The molecule has 0 aliphatic heterocycles. The van der Waals surface area contributed by atoms with Crippen molar-refractivity contribution in [3.05, 3.63) is 59.9 Å². The summed E-state index contributed by atoms with van der Waals surface area (Å²) < 4.78 is 5.38. The zero-order chi connectivity index (χ0) is 12.1. The van der Waals surface area contributed by atoms with Gasteiger partial charge in [-0.25, -0.2) is 0 Å². The summed E-state index contributed by atoms with van der Waals surface area (Å²) in [5.74, 6) is 1.02. The summed E-state index contributed by atoms with van der Waals surface area (Å²) in [6.07, 6.45) is 8.39. The maximum absolute atomic E-state index is 5.76. The highest BCUT2D eigenvalue weighted by atomic mass is 16.5. The Balaban J connectivity index is 2.42. The van der Waals surface area contributed by atoms with Crippen LogP contribution in [0.5, 0.6) is 0 Å². The van der Waals surface area contributed by atoms with Gasteiger partial charge in [-0.15, -0.1) is 0 Å². The van der Waals surface area contributed by atoms with Crippen molar-refractivity contribution in [2.45, 2.75) is 18.3 Å². The Hall–Kier alpha value is -1.54. The van der Waals surface area contributed by atoms with Crippen LogP contribution in [0.4, 0.5) is 0 Å². The third kappa shape index (κ3) is 2.42. The largest absolute Gasteiger partial charge is 0.501 e. The Bertz CT molecular complexity index is 422. The van der Waals surface area contributed by atoms with E-state index in [1.807, 2.05) is 6.07 Å². The Labute approximate surface area is 103 Å². The van der Waals surface area contributed by atoms with Gasteiger partial charge in [0.05, 0.1) is 12.9 Å². The Kier molecular flexibility index (Phi) is 3.64. The molecule has 17 heavy (non-hydrogen) atoms. The van der Waals surface area contributed by atoms with Gasteiger partial charge in [0.25, 0.3) is 0 Å². The second-order valence-corrected chi connectivity index (χ2v) is 4.37. The van der Waals surface area contributed by atoms with E-state index in [1.165, 1.54) is 5.56 Å². The van der Waals surface area contributed by atoms with E-state index in [0.29, 0.717) is 6.54 Å². The zero-order valence-electron chi connectivity index (χ0n) is 10.2. The van der Waals surface area contributed by atoms with Gasteiger partial charge in [0.15, 0.2) is 0 Å². The summed E-state index contributed by atoms with van der Waals surface area (Å²) in [6.45, 7) is 0.659. The SMILES string of the molecule is COC1=CC(CCN)(c2ccccc2)C=CC1. The smallest absolute Gasteiger partial charge is 0.0965 e. The van der Waals surface area contributed by atoms with Crippen molar-refractivity contribution >= 4 is 0 Å². The zero-order valence-corrected chi connectivity index (χ0v) is 10.2. The molecule has 2 N–H and O–H groups in total. The fourth-order valence-corrected chi connectivity index (χ4v) is 2.39. The van der Waals surface area contributed by atoms with E-state index in [2.05, 4.69) is 42.5 Å². The third-order valence-electron chi connectivity index (χ3n) is 3.28. The lowest BCUT2D eigenvalue weighted by Gasteiger charge is -2.31. The molecule has 0 bridgehead atoms. The minimum atomic E-state index is -0.0976. The predicted molar refractivity (Wildman–Crippen MR) is 70.6 cm³/mol. The lowest BCUT2D eigenvalue weighted by molar-refractivity contribution is 0.276. The van der Waals surface area contributed by atoms with Crippen LogP contribution in [0.15, 0.2) is 54.3 Å². The molecule has 1 aliphatic carbocycles. The fraction of sp³-hybridized carbons (Fsp3) is 0.333. The van der Waals surface area contributed by atoms with Crippen LogP contribution in [-0.2, 0) is 10.2 Å². The molecule has 1 unspecified atom stereocenters. The van der Waals surface area contributed by atoms with Crippen LogP contribution in [-0.4, -0.2) is 13.7 Å². The first-order valence-electron chi connectivity index (χ1n) is 6.00. The number of rotatable bonds is 4. The van der Waals surface area contributed by atoms with Crippen LogP contribution >= 0.6 is 0 Å². The molecule has 2 heteroatoms. The molecule has 0 fully saturated rings. The highest BCUT2D eigenvalue weighted by Crippen LogP contribution is 2.35. The molecule has 0 radical (unpaired) electrons. The summed E-state index contributed by atoms with van der Waals surface area (Å²) in [5.41, 5.74) is 6.94. The molecule has 0 heterocycles. The lowest BCUT2D eigenvalue weighted by Crippen LogP contribution is -2.27. The van der Waals surface area contributed by atoms with Gasteiger partial charge >= 0.3 is 0 Å². The van der Waals surface area contributed by atoms with Gasteiger partial charge in [-0.2, -0.15) is 0 Å². The molecule has 2 nitrogen and oxygen atoms in total. The van der Waals surface area contributed by atoms with Crippen molar-refractivity contribution in [3.63, 3.8) is 0 Å². The molecule has 1 aromatic rings. The molecule has 0 spiro atoms. The van der Waals surface area contributed by atoms with Gasteiger partial charge in [-0.05, 0) is 24.6 Å². The average molecular weight is 229 g/mol. The third-order valence-corrected chi connectivity index (χ3v) is 3.28. The minimum absolute atomic E-state index is 0.0976. The van der Waals surface area contributed by atoms with E-state index in [4.69, 9.17) is 10.5 Å². The van der Waals surface area contributed by atoms with Crippen molar-refractivity contribution in [1.82, 2.24) is 0 Å². The first kappa shape index (κ1) is 11.9. The van der Waals surface area contributed by atoms with Crippen molar-refractivity contribution in [2.24, 2.45) is 5.73 Å². The molecule has 2 rings (SSSR count). The van der Waals surface area contributed by atoms with Crippen LogP contribution < -0.4 is 5.73 Å². The Morgan fingerprint density at radius 2 is 2.06 bits per heavy atom. The lowest BCUT2D eigenvalue weighted by atomic mass is 9.74. The number of hydrogen-bond donors (Lipinski definition) is 1. The Morgan fingerprint density at radius 3 is 2.71 bits per heavy atom. The topological polar surface area (TPSA) is 35.2 Å². The number of methoxy groups -OCH3 is 1. The number of ether oxygens (including phenoxy) is 1. The summed E-state index contributed by atoms with van der Waals surface area (Å²) in [7, 11) is 1.73. The number of allylic oxidation sites excluding steroid dienone is 3.